The fourth-order valence-electron chi connectivity index (χ4n) is 2.73. The molecule has 1 saturated heterocycles. The average molecular weight is 315 g/mol. The van der Waals surface area contributed by atoms with Gasteiger partial charge in [0, 0.05) is 31.2 Å². The molecule has 1 aliphatic rings. The number of ether oxygens (including phenoxy) is 1. The van der Waals surface area contributed by atoms with Crippen LogP contribution in [0.5, 0.6) is 0 Å². The third kappa shape index (κ3) is 4.00. The number of amides is 1. The summed E-state index contributed by atoms with van der Waals surface area (Å²) < 4.78 is 10.6. The van der Waals surface area contributed by atoms with Crippen LogP contribution in [-0.2, 0) is 9.53 Å². The first kappa shape index (κ1) is 15.8. The fourth-order valence-corrected chi connectivity index (χ4v) is 2.73. The predicted octanol–water partition coefficient (Wildman–Crippen LogP) is 2.52. The molecule has 1 amide bonds. The quantitative estimate of drug-likeness (QED) is 0.889. The van der Waals surface area contributed by atoms with E-state index in [-0.39, 0.29) is 18.4 Å². The van der Waals surface area contributed by atoms with E-state index in [0.29, 0.717) is 13.2 Å². The van der Waals surface area contributed by atoms with E-state index in [9.17, 15) is 9.90 Å². The Labute approximate surface area is 135 Å². The van der Waals surface area contributed by atoms with Crippen molar-refractivity contribution in [2.75, 3.05) is 19.8 Å². The van der Waals surface area contributed by atoms with Gasteiger partial charge in [0.05, 0.1) is 12.4 Å². The fraction of sp³-hybridized carbons (Fsp3) is 0.389. The van der Waals surface area contributed by atoms with Crippen LogP contribution < -0.4 is 5.32 Å². The highest BCUT2D eigenvalue weighted by Gasteiger charge is 2.22. The number of nitrogens with one attached hydrogen (secondary N) is 1. The summed E-state index contributed by atoms with van der Waals surface area (Å²) >= 11 is 0. The summed E-state index contributed by atoms with van der Waals surface area (Å²) in [7, 11) is 0. The second kappa shape index (κ2) is 7.44. The molecule has 0 radical (unpaired) electrons. The van der Waals surface area contributed by atoms with Gasteiger partial charge in [-0.15, -0.1) is 0 Å². The number of carbonyl (C=O) groups excluding carboxylic acids is 1. The minimum atomic E-state index is -0.718. The van der Waals surface area contributed by atoms with Crippen LogP contribution in [0, 0.1) is 5.92 Å². The molecule has 1 aromatic carbocycles. The lowest BCUT2D eigenvalue weighted by molar-refractivity contribution is -0.128. The van der Waals surface area contributed by atoms with Crippen LogP contribution in [0.1, 0.15) is 24.5 Å². The van der Waals surface area contributed by atoms with Crippen molar-refractivity contribution >= 4 is 5.91 Å². The Balaban J connectivity index is 1.53. The highest BCUT2D eigenvalue weighted by atomic mass is 16.5. The summed E-state index contributed by atoms with van der Waals surface area (Å²) in [4.78, 5) is 12.1. The molecule has 1 aliphatic heterocycles. The SMILES string of the molecule is O=C(NCC(O)c1ccc(-c2ccco2)cc1)C1CCOCC1. The van der Waals surface area contributed by atoms with E-state index < -0.39 is 6.10 Å². The zero-order valence-electron chi connectivity index (χ0n) is 12.9. The molecule has 0 aliphatic carbocycles. The number of hydrogen-bond acceptors (Lipinski definition) is 4. The molecule has 2 N–H and O–H groups in total. The molecule has 0 spiro atoms. The monoisotopic (exact) mass is 315 g/mol. The molecule has 1 aromatic heterocycles. The Bertz CT molecular complexity index is 615. The van der Waals surface area contributed by atoms with Gasteiger partial charge in [-0.05, 0) is 30.5 Å². The van der Waals surface area contributed by atoms with E-state index >= 15 is 0 Å². The van der Waals surface area contributed by atoms with Crippen LogP contribution in [0.2, 0.25) is 0 Å². The largest absolute Gasteiger partial charge is 0.464 e. The van der Waals surface area contributed by atoms with E-state index in [4.69, 9.17) is 9.15 Å². The molecule has 3 rings (SSSR count). The van der Waals surface area contributed by atoms with Gasteiger partial charge in [0.15, 0.2) is 0 Å². The van der Waals surface area contributed by atoms with Gasteiger partial charge >= 0.3 is 0 Å². The van der Waals surface area contributed by atoms with Crippen LogP contribution in [0.15, 0.2) is 47.1 Å². The molecule has 1 unspecified atom stereocenters. The van der Waals surface area contributed by atoms with Gasteiger partial charge in [-0.1, -0.05) is 24.3 Å². The number of carbonyl (C=O) groups is 1. The molecular weight excluding hydrogens is 294 g/mol. The molecule has 0 saturated carbocycles. The zero-order chi connectivity index (χ0) is 16.1. The Kier molecular flexibility index (Phi) is 5.10. The second-order valence-electron chi connectivity index (χ2n) is 5.75. The standard InChI is InChI=1S/C18H21NO4/c20-16(12-19-18(21)15-7-10-22-11-8-15)13-3-5-14(6-4-13)17-2-1-9-23-17/h1-6,9,15-16,20H,7-8,10-12H2,(H,19,21). The van der Waals surface area contributed by atoms with Crippen LogP contribution >= 0.6 is 0 Å². The number of aliphatic hydroxyl groups excluding tert-OH is 1. The maximum Gasteiger partial charge on any atom is 0.223 e. The van der Waals surface area contributed by atoms with Gasteiger partial charge in [-0.25, -0.2) is 0 Å². The third-order valence-electron chi connectivity index (χ3n) is 4.16. The molecule has 5 heteroatoms. The Morgan fingerprint density at radius 3 is 2.61 bits per heavy atom. The van der Waals surface area contributed by atoms with Crippen molar-refractivity contribution < 1.29 is 19.1 Å². The Morgan fingerprint density at radius 1 is 1.22 bits per heavy atom. The van der Waals surface area contributed by atoms with Crippen molar-refractivity contribution in [1.82, 2.24) is 5.32 Å². The molecule has 122 valence electrons. The van der Waals surface area contributed by atoms with E-state index in [2.05, 4.69) is 5.32 Å². The number of benzene rings is 1. The molecule has 1 fully saturated rings. The number of furan rings is 1. The van der Waals surface area contributed by atoms with E-state index in [0.717, 1.165) is 29.7 Å². The maximum atomic E-state index is 12.1. The maximum absolute atomic E-state index is 12.1. The number of aliphatic hydroxyl groups is 1. The highest BCUT2D eigenvalue weighted by Crippen LogP contribution is 2.22. The van der Waals surface area contributed by atoms with Gasteiger partial charge in [-0.2, -0.15) is 0 Å². The number of rotatable bonds is 5. The zero-order valence-corrected chi connectivity index (χ0v) is 12.9. The lowest BCUT2D eigenvalue weighted by Gasteiger charge is -2.22. The molecule has 1 atom stereocenters. The molecular formula is C18H21NO4. The Morgan fingerprint density at radius 2 is 1.96 bits per heavy atom. The van der Waals surface area contributed by atoms with Crippen LogP contribution in [0.3, 0.4) is 0 Å². The van der Waals surface area contributed by atoms with Crippen LogP contribution in [0.4, 0.5) is 0 Å². The van der Waals surface area contributed by atoms with Gasteiger partial charge in [0.2, 0.25) is 5.91 Å². The summed E-state index contributed by atoms with van der Waals surface area (Å²) in [5, 5.41) is 13.1. The van der Waals surface area contributed by atoms with E-state index in [1.54, 1.807) is 6.26 Å². The topological polar surface area (TPSA) is 71.7 Å². The highest BCUT2D eigenvalue weighted by molar-refractivity contribution is 5.78. The first-order valence-corrected chi connectivity index (χ1v) is 7.91. The van der Waals surface area contributed by atoms with E-state index in [1.165, 1.54) is 0 Å². The smallest absolute Gasteiger partial charge is 0.223 e. The van der Waals surface area contributed by atoms with Crippen molar-refractivity contribution in [3.8, 4) is 11.3 Å². The summed E-state index contributed by atoms with van der Waals surface area (Å²) in [6.07, 6.45) is 2.41. The minimum absolute atomic E-state index is 0.000411. The first-order chi connectivity index (χ1) is 11.2. The van der Waals surface area contributed by atoms with Crippen molar-refractivity contribution in [3.63, 3.8) is 0 Å². The van der Waals surface area contributed by atoms with Crippen molar-refractivity contribution in [1.29, 1.82) is 0 Å². The summed E-state index contributed by atoms with van der Waals surface area (Å²) in [5.74, 6) is 0.788. The minimum Gasteiger partial charge on any atom is -0.464 e. The lowest BCUT2D eigenvalue weighted by Crippen LogP contribution is -2.36. The number of hydrogen-bond donors (Lipinski definition) is 2. The lowest BCUT2D eigenvalue weighted by atomic mass is 9.99. The van der Waals surface area contributed by atoms with Gasteiger partial charge in [0.1, 0.15) is 5.76 Å². The molecule has 23 heavy (non-hydrogen) atoms. The van der Waals surface area contributed by atoms with Crippen molar-refractivity contribution in [2.24, 2.45) is 5.92 Å². The third-order valence-corrected chi connectivity index (χ3v) is 4.16. The molecule has 2 aromatic rings. The van der Waals surface area contributed by atoms with Crippen LogP contribution in [-0.4, -0.2) is 30.8 Å². The van der Waals surface area contributed by atoms with Gasteiger partial charge < -0.3 is 19.6 Å². The Hall–Kier alpha value is -2.11. The van der Waals surface area contributed by atoms with Gasteiger partial charge in [-0.3, -0.25) is 4.79 Å². The summed E-state index contributed by atoms with van der Waals surface area (Å²) in [6.45, 7) is 1.49. The predicted molar refractivity (Wildman–Crippen MR) is 85.7 cm³/mol. The van der Waals surface area contributed by atoms with Gasteiger partial charge in [0.25, 0.3) is 0 Å². The van der Waals surface area contributed by atoms with Crippen LogP contribution in [0.25, 0.3) is 11.3 Å². The summed E-state index contributed by atoms with van der Waals surface area (Å²) in [6, 6.07) is 11.2. The normalized spacial score (nSPS) is 16.9. The van der Waals surface area contributed by atoms with Crippen molar-refractivity contribution in [3.05, 3.63) is 48.2 Å². The molecule has 5 nitrogen and oxygen atoms in total. The average Bonchev–Trinajstić information content (AvgIpc) is 3.15. The first-order valence-electron chi connectivity index (χ1n) is 7.91. The summed E-state index contributed by atoms with van der Waals surface area (Å²) in [5.41, 5.74) is 1.73. The molecule has 0 bridgehead atoms. The second-order valence-corrected chi connectivity index (χ2v) is 5.75. The van der Waals surface area contributed by atoms with E-state index in [1.807, 2.05) is 36.4 Å². The molecule has 2 heterocycles. The van der Waals surface area contributed by atoms with Crippen molar-refractivity contribution in [2.45, 2.75) is 18.9 Å².